The number of nitrogens with one attached hydrogen (secondary N) is 1. The fraction of sp³-hybridized carbons (Fsp3) is 0. The van der Waals surface area contributed by atoms with E-state index in [9.17, 15) is 4.79 Å². The van der Waals surface area contributed by atoms with Gasteiger partial charge in [-0.2, -0.15) is 15.8 Å². The molecule has 0 aromatic carbocycles. The molecule has 2 N–H and O–H groups in total. The van der Waals surface area contributed by atoms with Gasteiger partial charge in [-0.05, 0) is 0 Å². The van der Waals surface area contributed by atoms with E-state index in [2.05, 4.69) is 5.32 Å². The number of rotatable bonds is 0. The molecule has 1 heterocycles. The Bertz CT molecular complexity index is 488. The van der Waals surface area contributed by atoms with Gasteiger partial charge >= 0.3 is 29.6 Å². The predicted molar refractivity (Wildman–Crippen MR) is 42.8 cm³/mol. The van der Waals surface area contributed by atoms with Crippen LogP contribution >= 0.6 is 0 Å². The van der Waals surface area contributed by atoms with Crippen molar-refractivity contribution in [2.45, 2.75) is 0 Å². The largest absolute Gasteiger partial charge is 1.00 e. The van der Waals surface area contributed by atoms with Crippen LogP contribution in [0.15, 0.2) is 22.6 Å². The third kappa shape index (κ3) is 2.18. The van der Waals surface area contributed by atoms with Gasteiger partial charge < -0.3 is 11.8 Å². The zero-order chi connectivity index (χ0) is 10.7. The third-order valence-electron chi connectivity index (χ3n) is 1.53. The maximum absolute atomic E-state index is 10.9. The van der Waals surface area contributed by atoms with Crippen molar-refractivity contribution in [3.05, 3.63) is 22.6 Å². The Morgan fingerprint density at radius 1 is 1.33 bits per heavy atom. The maximum atomic E-state index is 10.9. The average molecular weight is 210 g/mol. The Hall–Kier alpha value is -1.78. The first-order valence-electron chi connectivity index (χ1n) is 3.35. The predicted octanol–water partition coefficient (Wildman–Crippen LogP) is -3.13. The van der Waals surface area contributed by atoms with Gasteiger partial charge in [0.05, 0.1) is 5.70 Å². The minimum atomic E-state index is -0.889. The van der Waals surface area contributed by atoms with Crippen molar-refractivity contribution in [3.8, 4) is 18.2 Å². The monoisotopic (exact) mass is 210 g/mol. The number of nitriles is 3. The molecule has 68 valence electrons. The summed E-state index contributed by atoms with van der Waals surface area (Å²) in [6.45, 7) is 0. The second-order valence-electron chi connectivity index (χ2n) is 2.26. The molecular formula is C8H3N4NaO2. The van der Waals surface area contributed by atoms with Crippen molar-refractivity contribution >= 4 is 5.91 Å². The third-order valence-corrected chi connectivity index (χ3v) is 1.53. The number of carbonyl (C=O) groups is 1. The molecular weight excluding hydrogens is 207 g/mol. The van der Waals surface area contributed by atoms with Crippen LogP contribution in [0.25, 0.3) is 0 Å². The minimum Gasteiger partial charge on any atom is -1.00 e. The van der Waals surface area contributed by atoms with Gasteiger partial charge in [-0.1, -0.05) is 0 Å². The molecule has 0 radical (unpaired) electrons. The first kappa shape index (κ1) is 13.2. The summed E-state index contributed by atoms with van der Waals surface area (Å²) in [5.74, 6) is -1.66. The Labute approximate surface area is 108 Å². The van der Waals surface area contributed by atoms with E-state index in [0.717, 1.165) is 0 Å². The maximum Gasteiger partial charge on any atom is 1.00 e. The van der Waals surface area contributed by atoms with Crippen LogP contribution in [0.4, 0.5) is 0 Å². The second-order valence-corrected chi connectivity index (χ2v) is 2.26. The molecule has 6 nitrogen and oxygen atoms in total. The van der Waals surface area contributed by atoms with Gasteiger partial charge in [-0.3, -0.25) is 4.79 Å². The molecule has 0 aromatic rings. The molecule has 7 heteroatoms. The van der Waals surface area contributed by atoms with Gasteiger partial charge in [0.25, 0.3) is 5.91 Å². The summed E-state index contributed by atoms with van der Waals surface area (Å²) < 4.78 is 0. The molecule has 15 heavy (non-hydrogen) atoms. The van der Waals surface area contributed by atoms with Crippen LogP contribution in [-0.4, -0.2) is 11.0 Å². The number of carbonyl (C=O) groups excluding carboxylic acids is 1. The van der Waals surface area contributed by atoms with Crippen molar-refractivity contribution in [3.63, 3.8) is 0 Å². The van der Waals surface area contributed by atoms with Crippen molar-refractivity contribution in [2.75, 3.05) is 0 Å². The van der Waals surface area contributed by atoms with Crippen LogP contribution < -0.4 is 34.9 Å². The van der Waals surface area contributed by atoms with Gasteiger partial charge in [0.15, 0.2) is 5.57 Å². The Morgan fingerprint density at radius 2 is 1.87 bits per heavy atom. The molecule has 0 saturated heterocycles. The second kappa shape index (κ2) is 5.19. The topological polar surface area (TPSA) is 121 Å². The summed E-state index contributed by atoms with van der Waals surface area (Å²) in [5.41, 5.74) is -1.04. The van der Waals surface area contributed by atoms with Gasteiger partial charge in [0, 0.05) is 0 Å². The molecule has 0 atom stereocenters. The molecule has 0 aliphatic carbocycles. The van der Waals surface area contributed by atoms with Crippen LogP contribution in [0, 0.1) is 34.0 Å². The van der Waals surface area contributed by atoms with E-state index in [0.29, 0.717) is 0 Å². The Kier molecular flexibility index (Phi) is 4.57. The number of amides is 1. The van der Waals surface area contributed by atoms with Crippen LogP contribution in [0.5, 0.6) is 0 Å². The molecule has 0 bridgehead atoms. The van der Waals surface area contributed by atoms with Gasteiger partial charge in [-0.25, -0.2) is 0 Å². The average Bonchev–Trinajstić information content (AvgIpc) is 2.45. The SMILES string of the molecule is N#CC(C#N)=C1NC(=O)C(O)=C1C#N.[H-].[Na+]. The van der Waals surface area contributed by atoms with Crippen molar-refractivity contribution in [1.82, 2.24) is 5.32 Å². The van der Waals surface area contributed by atoms with Crippen molar-refractivity contribution in [1.29, 1.82) is 15.8 Å². The first-order valence-corrected chi connectivity index (χ1v) is 3.35. The zero-order valence-corrected chi connectivity index (χ0v) is 9.70. The summed E-state index contributed by atoms with van der Waals surface area (Å²) in [5, 5.41) is 36.6. The van der Waals surface area contributed by atoms with Gasteiger partial charge in [0.2, 0.25) is 5.76 Å². The van der Waals surface area contributed by atoms with Gasteiger partial charge in [-0.15, -0.1) is 0 Å². The smallest absolute Gasteiger partial charge is 1.00 e. The first-order chi connectivity index (χ1) is 6.65. The Morgan fingerprint density at radius 3 is 2.27 bits per heavy atom. The molecule has 1 aliphatic heterocycles. The number of hydrogen-bond donors (Lipinski definition) is 2. The van der Waals surface area contributed by atoms with Crippen LogP contribution in [-0.2, 0) is 4.79 Å². The summed E-state index contributed by atoms with van der Waals surface area (Å²) in [6.07, 6.45) is 0. The standard InChI is InChI=1S/C8H2N4O2.Na.H/c9-1-4(2-10)6-5(3-11)7(13)8(14)12-6;;/h13H,(H,12,14);;/q;+1;-1. The van der Waals surface area contributed by atoms with E-state index in [1.165, 1.54) is 18.2 Å². The number of nitrogens with zero attached hydrogens (tertiary/aromatic N) is 3. The van der Waals surface area contributed by atoms with Gasteiger partial charge in [0.1, 0.15) is 23.8 Å². The van der Waals surface area contributed by atoms with E-state index < -0.39 is 17.2 Å². The zero-order valence-electron chi connectivity index (χ0n) is 8.70. The summed E-state index contributed by atoms with van der Waals surface area (Å²) >= 11 is 0. The molecule has 1 amide bonds. The van der Waals surface area contributed by atoms with E-state index in [-0.39, 0.29) is 42.3 Å². The number of aliphatic hydroxyl groups is 1. The van der Waals surface area contributed by atoms with E-state index in [4.69, 9.17) is 20.9 Å². The molecule has 0 unspecified atom stereocenters. The van der Waals surface area contributed by atoms with Crippen molar-refractivity contribution in [2.24, 2.45) is 0 Å². The molecule has 1 aliphatic rings. The van der Waals surface area contributed by atoms with Crippen molar-refractivity contribution < 1.29 is 40.9 Å². The minimum absolute atomic E-state index is 0. The van der Waals surface area contributed by atoms with E-state index in [1.54, 1.807) is 0 Å². The number of aliphatic hydroxyl groups excluding tert-OH is 1. The fourth-order valence-electron chi connectivity index (χ4n) is 0.900. The normalized spacial score (nSPS) is 13.1. The van der Waals surface area contributed by atoms with E-state index in [1.807, 2.05) is 0 Å². The molecule has 0 saturated carbocycles. The molecule has 0 spiro atoms. The van der Waals surface area contributed by atoms with Crippen LogP contribution in [0.1, 0.15) is 1.43 Å². The number of hydrogen-bond acceptors (Lipinski definition) is 5. The molecule has 0 aromatic heterocycles. The fourth-order valence-corrected chi connectivity index (χ4v) is 0.900. The quantitative estimate of drug-likeness (QED) is 0.323. The number of allylic oxidation sites excluding steroid dienone is 2. The summed E-state index contributed by atoms with van der Waals surface area (Å²) in [6, 6.07) is 4.54. The molecule has 1 rings (SSSR count). The summed E-state index contributed by atoms with van der Waals surface area (Å²) in [7, 11) is 0. The van der Waals surface area contributed by atoms with E-state index >= 15 is 0 Å². The molecule has 0 fully saturated rings. The summed E-state index contributed by atoms with van der Waals surface area (Å²) in [4.78, 5) is 10.9. The van der Waals surface area contributed by atoms with Crippen LogP contribution in [0.2, 0.25) is 0 Å². The Balaban J connectivity index is 0. The van der Waals surface area contributed by atoms with Crippen LogP contribution in [0.3, 0.4) is 0 Å².